The van der Waals surface area contributed by atoms with E-state index in [2.05, 4.69) is 34.6 Å². The molecule has 0 aliphatic heterocycles. The summed E-state index contributed by atoms with van der Waals surface area (Å²) in [5, 5.41) is 5.78. The Bertz CT molecular complexity index is 1040. The lowest BCUT2D eigenvalue weighted by atomic mass is 10.1. The summed E-state index contributed by atoms with van der Waals surface area (Å²) in [5.74, 6) is 1.74. The first-order valence-corrected chi connectivity index (χ1v) is 9.01. The molecule has 0 aliphatic carbocycles. The van der Waals surface area contributed by atoms with E-state index < -0.39 is 0 Å². The fourth-order valence-corrected chi connectivity index (χ4v) is 3.10. The Morgan fingerprint density at radius 2 is 1.71 bits per heavy atom. The summed E-state index contributed by atoms with van der Waals surface area (Å²) < 4.78 is 5.26. The van der Waals surface area contributed by atoms with Gasteiger partial charge >= 0.3 is 0 Å². The van der Waals surface area contributed by atoms with E-state index in [1.165, 1.54) is 5.39 Å². The number of pyridine rings is 2. The monoisotopic (exact) mass is 391 g/mol. The highest BCUT2D eigenvalue weighted by atomic mass is 35.5. The predicted octanol–water partition coefficient (Wildman–Crippen LogP) is 5.38. The zero-order valence-corrected chi connectivity index (χ0v) is 16.4. The van der Waals surface area contributed by atoms with Crippen LogP contribution >= 0.6 is 12.4 Å². The van der Waals surface area contributed by atoms with Crippen LogP contribution in [0.15, 0.2) is 79.0 Å². The van der Waals surface area contributed by atoms with E-state index in [0.717, 1.165) is 46.9 Å². The van der Waals surface area contributed by atoms with E-state index in [1.807, 2.05) is 54.7 Å². The number of halogens is 1. The molecule has 0 amide bonds. The third kappa shape index (κ3) is 4.41. The number of methoxy groups -OCH3 is 1. The van der Waals surface area contributed by atoms with Crippen molar-refractivity contribution < 1.29 is 4.74 Å². The maximum atomic E-state index is 5.26. The largest absolute Gasteiger partial charge is 0.497 e. The van der Waals surface area contributed by atoms with Crippen LogP contribution in [0.4, 0.5) is 5.82 Å². The highest BCUT2D eigenvalue weighted by Crippen LogP contribution is 2.28. The molecule has 0 saturated carbocycles. The fourth-order valence-electron chi connectivity index (χ4n) is 3.10. The lowest BCUT2D eigenvalue weighted by Crippen LogP contribution is -2.08. The molecule has 2 aromatic carbocycles. The van der Waals surface area contributed by atoms with Crippen LogP contribution in [0, 0.1) is 0 Å². The van der Waals surface area contributed by atoms with Gasteiger partial charge in [0.15, 0.2) is 0 Å². The van der Waals surface area contributed by atoms with Crippen molar-refractivity contribution in [3.63, 3.8) is 0 Å². The lowest BCUT2D eigenvalue weighted by molar-refractivity contribution is 0.415. The topological polar surface area (TPSA) is 47.0 Å². The minimum absolute atomic E-state index is 0. The third-order valence-electron chi connectivity index (χ3n) is 4.53. The minimum Gasteiger partial charge on any atom is -0.497 e. The Balaban J connectivity index is 0.00000225. The number of fused-ring (bicyclic) bond motifs is 1. The van der Waals surface area contributed by atoms with Crippen LogP contribution in [0.3, 0.4) is 0 Å². The Kier molecular flexibility index (Phi) is 6.45. The molecular formula is C23H22ClN3O. The van der Waals surface area contributed by atoms with Crippen molar-refractivity contribution in [1.82, 2.24) is 9.97 Å². The Morgan fingerprint density at radius 1 is 0.929 bits per heavy atom. The number of hydrogen-bond donors (Lipinski definition) is 1. The van der Waals surface area contributed by atoms with Gasteiger partial charge in [-0.15, -0.1) is 12.4 Å². The average molecular weight is 392 g/mol. The maximum absolute atomic E-state index is 5.26. The smallest absolute Gasteiger partial charge is 0.134 e. The molecule has 0 aliphatic rings. The summed E-state index contributed by atoms with van der Waals surface area (Å²) in [6.07, 6.45) is 2.68. The molecule has 0 fully saturated rings. The van der Waals surface area contributed by atoms with Crippen LogP contribution in [0.1, 0.15) is 5.69 Å². The van der Waals surface area contributed by atoms with Crippen molar-refractivity contribution >= 4 is 29.0 Å². The van der Waals surface area contributed by atoms with Gasteiger partial charge in [0.1, 0.15) is 11.6 Å². The minimum atomic E-state index is 0. The molecule has 1 N–H and O–H groups in total. The van der Waals surface area contributed by atoms with E-state index in [1.54, 1.807) is 7.11 Å². The highest BCUT2D eigenvalue weighted by molar-refractivity contribution is 5.94. The summed E-state index contributed by atoms with van der Waals surface area (Å²) in [6, 6.07) is 24.4. The molecule has 5 heteroatoms. The fraction of sp³-hybridized carbons (Fsp3) is 0.130. The van der Waals surface area contributed by atoms with Gasteiger partial charge in [0.2, 0.25) is 0 Å². The van der Waals surface area contributed by atoms with Crippen LogP contribution in [-0.2, 0) is 6.42 Å². The van der Waals surface area contributed by atoms with Gasteiger partial charge in [0, 0.05) is 35.8 Å². The first-order valence-electron chi connectivity index (χ1n) is 9.01. The summed E-state index contributed by atoms with van der Waals surface area (Å²) >= 11 is 0. The van der Waals surface area contributed by atoms with Crippen molar-refractivity contribution in [3.05, 3.63) is 84.7 Å². The average Bonchev–Trinajstić information content (AvgIpc) is 2.74. The Labute approximate surface area is 171 Å². The molecule has 0 bridgehead atoms. The van der Waals surface area contributed by atoms with Gasteiger partial charge in [-0.2, -0.15) is 0 Å². The molecule has 0 spiro atoms. The standard InChI is InChI=1S/C23H21N3O.ClH/c1-27-20-11-9-17(10-12-20)22-16-18-6-2-3-8-21(18)23(26-22)25-15-13-19-7-4-5-14-24-19;/h2-12,14,16H,13,15H2,1H3,(H,25,26);1H. The van der Waals surface area contributed by atoms with E-state index in [4.69, 9.17) is 9.72 Å². The second-order valence-corrected chi connectivity index (χ2v) is 6.30. The second-order valence-electron chi connectivity index (χ2n) is 6.30. The SMILES string of the molecule is COc1ccc(-c2cc3ccccc3c(NCCc3ccccn3)n2)cc1.Cl. The van der Waals surface area contributed by atoms with Gasteiger partial charge in [-0.05, 0) is 47.9 Å². The highest BCUT2D eigenvalue weighted by Gasteiger charge is 2.08. The van der Waals surface area contributed by atoms with Gasteiger partial charge in [0.25, 0.3) is 0 Å². The van der Waals surface area contributed by atoms with E-state index in [0.29, 0.717) is 0 Å². The zero-order chi connectivity index (χ0) is 18.5. The lowest BCUT2D eigenvalue weighted by Gasteiger charge is -2.12. The van der Waals surface area contributed by atoms with Gasteiger partial charge < -0.3 is 10.1 Å². The van der Waals surface area contributed by atoms with Crippen LogP contribution < -0.4 is 10.1 Å². The van der Waals surface area contributed by atoms with Crippen molar-refractivity contribution in [2.45, 2.75) is 6.42 Å². The number of nitrogens with zero attached hydrogens (tertiary/aromatic N) is 2. The number of nitrogens with one attached hydrogen (secondary N) is 1. The Hall–Kier alpha value is -3.11. The zero-order valence-electron chi connectivity index (χ0n) is 15.6. The van der Waals surface area contributed by atoms with Crippen LogP contribution in [0.5, 0.6) is 5.75 Å². The van der Waals surface area contributed by atoms with Crippen LogP contribution in [-0.4, -0.2) is 23.6 Å². The molecule has 28 heavy (non-hydrogen) atoms. The number of rotatable bonds is 6. The Morgan fingerprint density at radius 3 is 2.46 bits per heavy atom. The number of ether oxygens (including phenoxy) is 1. The number of hydrogen-bond acceptors (Lipinski definition) is 4. The molecule has 0 atom stereocenters. The maximum Gasteiger partial charge on any atom is 0.134 e. The summed E-state index contributed by atoms with van der Waals surface area (Å²) in [5.41, 5.74) is 3.08. The summed E-state index contributed by atoms with van der Waals surface area (Å²) in [7, 11) is 1.67. The van der Waals surface area contributed by atoms with E-state index >= 15 is 0 Å². The van der Waals surface area contributed by atoms with Crippen LogP contribution in [0.25, 0.3) is 22.0 Å². The number of aromatic nitrogens is 2. The number of benzene rings is 2. The van der Waals surface area contributed by atoms with E-state index in [9.17, 15) is 0 Å². The van der Waals surface area contributed by atoms with Crippen molar-refractivity contribution in [1.29, 1.82) is 0 Å². The molecule has 2 aromatic heterocycles. The van der Waals surface area contributed by atoms with Crippen LogP contribution in [0.2, 0.25) is 0 Å². The molecule has 2 heterocycles. The predicted molar refractivity (Wildman–Crippen MR) is 117 cm³/mol. The van der Waals surface area contributed by atoms with Gasteiger partial charge in [-0.3, -0.25) is 4.98 Å². The summed E-state index contributed by atoms with van der Waals surface area (Å²) in [6.45, 7) is 0.778. The summed E-state index contributed by atoms with van der Waals surface area (Å²) in [4.78, 5) is 9.27. The molecule has 4 nitrogen and oxygen atoms in total. The molecule has 0 saturated heterocycles. The molecule has 4 rings (SSSR count). The molecule has 0 unspecified atom stereocenters. The molecule has 0 radical (unpaired) electrons. The van der Waals surface area contributed by atoms with Crippen molar-refractivity contribution in [2.24, 2.45) is 0 Å². The van der Waals surface area contributed by atoms with Crippen molar-refractivity contribution in [3.8, 4) is 17.0 Å². The first-order chi connectivity index (χ1) is 13.3. The third-order valence-corrected chi connectivity index (χ3v) is 4.53. The van der Waals surface area contributed by atoms with E-state index in [-0.39, 0.29) is 12.4 Å². The van der Waals surface area contributed by atoms with Crippen molar-refractivity contribution in [2.75, 3.05) is 19.0 Å². The van der Waals surface area contributed by atoms with Gasteiger partial charge in [-0.25, -0.2) is 4.98 Å². The quantitative estimate of drug-likeness (QED) is 0.479. The molecule has 4 aromatic rings. The van der Waals surface area contributed by atoms with Gasteiger partial charge in [-0.1, -0.05) is 30.3 Å². The second kappa shape index (κ2) is 9.20. The number of anilines is 1. The molecular weight excluding hydrogens is 370 g/mol. The first kappa shape index (κ1) is 19.6. The molecule has 142 valence electrons. The normalized spacial score (nSPS) is 10.3. The van der Waals surface area contributed by atoms with Gasteiger partial charge in [0.05, 0.1) is 12.8 Å².